The lowest BCUT2D eigenvalue weighted by atomic mass is 9.99. The number of hydrogen-bond acceptors (Lipinski definition) is 4. The van der Waals surface area contributed by atoms with Crippen LogP contribution in [0.5, 0.6) is 5.75 Å². The first-order valence-corrected chi connectivity index (χ1v) is 10.6. The molecule has 1 fully saturated rings. The fourth-order valence-corrected chi connectivity index (χ4v) is 3.33. The largest absolute Gasteiger partial charge is 0.493 e. The molecular formula is C22H38N4O2. The Bertz CT molecular complexity index is 571. The summed E-state index contributed by atoms with van der Waals surface area (Å²) in [6.07, 6.45) is 5.96. The van der Waals surface area contributed by atoms with E-state index in [-0.39, 0.29) is 0 Å². The van der Waals surface area contributed by atoms with Crippen LogP contribution in [0.15, 0.2) is 29.3 Å². The van der Waals surface area contributed by atoms with Crippen molar-refractivity contribution < 1.29 is 9.47 Å². The van der Waals surface area contributed by atoms with Crippen LogP contribution in [-0.4, -0.2) is 64.4 Å². The van der Waals surface area contributed by atoms with E-state index in [1.165, 1.54) is 38.9 Å². The Hall–Kier alpha value is -1.79. The van der Waals surface area contributed by atoms with Gasteiger partial charge in [0.1, 0.15) is 5.75 Å². The number of aliphatic imine (C=N–C) groups is 1. The number of unbranched alkanes of at least 4 members (excludes halogenated alkanes) is 1. The number of ether oxygens (including phenoxy) is 2. The average Bonchev–Trinajstić information content (AvgIpc) is 2.72. The predicted octanol–water partition coefficient (Wildman–Crippen LogP) is 3.60. The highest BCUT2D eigenvalue weighted by molar-refractivity contribution is 5.93. The third kappa shape index (κ3) is 8.93. The number of anilines is 1. The molecule has 158 valence electrons. The summed E-state index contributed by atoms with van der Waals surface area (Å²) in [6.45, 7) is 8.40. The van der Waals surface area contributed by atoms with Crippen LogP contribution in [0.25, 0.3) is 0 Å². The SMILES string of the molecule is CN=C(NCCCCN1CCC(C)CC1)Nc1cccc(OCCCOC)c1. The summed E-state index contributed by atoms with van der Waals surface area (Å²) in [6, 6.07) is 7.97. The van der Waals surface area contributed by atoms with Crippen LogP contribution in [0.3, 0.4) is 0 Å². The molecular weight excluding hydrogens is 352 g/mol. The molecule has 0 bridgehead atoms. The highest BCUT2D eigenvalue weighted by Gasteiger charge is 2.14. The second-order valence-electron chi connectivity index (χ2n) is 7.58. The van der Waals surface area contributed by atoms with Crippen LogP contribution in [0.2, 0.25) is 0 Å². The normalized spacial score (nSPS) is 16.2. The summed E-state index contributed by atoms with van der Waals surface area (Å²) in [5.41, 5.74) is 0.972. The monoisotopic (exact) mass is 390 g/mol. The first-order valence-electron chi connectivity index (χ1n) is 10.6. The Morgan fingerprint density at radius 2 is 2.00 bits per heavy atom. The second kappa shape index (κ2) is 13.4. The lowest BCUT2D eigenvalue weighted by Gasteiger charge is -2.30. The number of hydrogen-bond donors (Lipinski definition) is 2. The minimum absolute atomic E-state index is 0.653. The molecule has 0 atom stereocenters. The van der Waals surface area contributed by atoms with Gasteiger partial charge in [-0.15, -0.1) is 0 Å². The molecule has 0 aliphatic carbocycles. The van der Waals surface area contributed by atoms with E-state index in [1.807, 2.05) is 24.3 Å². The minimum atomic E-state index is 0.653. The highest BCUT2D eigenvalue weighted by atomic mass is 16.5. The molecule has 6 nitrogen and oxygen atoms in total. The zero-order chi connectivity index (χ0) is 20.0. The molecule has 28 heavy (non-hydrogen) atoms. The van der Waals surface area contributed by atoms with Gasteiger partial charge in [-0.25, -0.2) is 0 Å². The fraction of sp³-hybridized carbons (Fsp3) is 0.682. The number of rotatable bonds is 11. The molecule has 2 N–H and O–H groups in total. The molecule has 0 aromatic heterocycles. The van der Waals surface area contributed by atoms with Gasteiger partial charge in [0.05, 0.1) is 6.61 Å². The molecule has 0 radical (unpaired) electrons. The van der Waals surface area contributed by atoms with Gasteiger partial charge in [-0.2, -0.15) is 0 Å². The van der Waals surface area contributed by atoms with Crippen LogP contribution in [-0.2, 0) is 4.74 Å². The Balaban J connectivity index is 1.64. The predicted molar refractivity (Wildman–Crippen MR) is 117 cm³/mol. The molecule has 1 aromatic rings. The summed E-state index contributed by atoms with van der Waals surface area (Å²) >= 11 is 0. The number of nitrogens with one attached hydrogen (secondary N) is 2. The van der Waals surface area contributed by atoms with E-state index in [9.17, 15) is 0 Å². The second-order valence-corrected chi connectivity index (χ2v) is 7.58. The molecule has 2 rings (SSSR count). The van der Waals surface area contributed by atoms with Gasteiger partial charge in [-0.05, 0) is 63.4 Å². The molecule has 1 aliphatic heterocycles. The zero-order valence-electron chi connectivity index (χ0n) is 17.9. The van der Waals surface area contributed by atoms with Crippen molar-refractivity contribution in [3.63, 3.8) is 0 Å². The van der Waals surface area contributed by atoms with Crippen molar-refractivity contribution in [2.45, 2.75) is 39.0 Å². The van der Waals surface area contributed by atoms with Gasteiger partial charge < -0.3 is 25.0 Å². The van der Waals surface area contributed by atoms with E-state index < -0.39 is 0 Å². The Kier molecular flexibility index (Phi) is 10.8. The van der Waals surface area contributed by atoms with Crippen molar-refractivity contribution in [2.75, 3.05) is 58.9 Å². The fourth-order valence-electron chi connectivity index (χ4n) is 3.33. The van der Waals surface area contributed by atoms with Crippen LogP contribution in [0.1, 0.15) is 39.0 Å². The maximum absolute atomic E-state index is 5.76. The van der Waals surface area contributed by atoms with Crippen LogP contribution >= 0.6 is 0 Å². The Morgan fingerprint density at radius 3 is 2.75 bits per heavy atom. The van der Waals surface area contributed by atoms with E-state index in [4.69, 9.17) is 9.47 Å². The number of methoxy groups -OCH3 is 1. The van der Waals surface area contributed by atoms with Crippen molar-refractivity contribution in [3.8, 4) is 5.75 Å². The maximum atomic E-state index is 5.76. The van der Waals surface area contributed by atoms with Gasteiger partial charge in [0.25, 0.3) is 0 Å². The lowest BCUT2D eigenvalue weighted by Crippen LogP contribution is -2.34. The van der Waals surface area contributed by atoms with Gasteiger partial charge in [-0.1, -0.05) is 13.0 Å². The van der Waals surface area contributed by atoms with Crippen LogP contribution in [0, 0.1) is 5.92 Å². The zero-order valence-corrected chi connectivity index (χ0v) is 17.9. The van der Waals surface area contributed by atoms with Crippen LogP contribution in [0.4, 0.5) is 5.69 Å². The molecule has 1 saturated heterocycles. The van der Waals surface area contributed by atoms with Crippen LogP contribution < -0.4 is 15.4 Å². The topological polar surface area (TPSA) is 58.1 Å². The molecule has 6 heteroatoms. The summed E-state index contributed by atoms with van der Waals surface area (Å²) in [5, 5.41) is 6.74. The van der Waals surface area contributed by atoms with Gasteiger partial charge in [0.15, 0.2) is 5.96 Å². The van der Waals surface area contributed by atoms with Gasteiger partial charge >= 0.3 is 0 Å². The first kappa shape index (κ1) is 22.5. The lowest BCUT2D eigenvalue weighted by molar-refractivity contribution is 0.172. The molecule has 1 aromatic carbocycles. The Morgan fingerprint density at radius 1 is 1.18 bits per heavy atom. The quantitative estimate of drug-likeness (QED) is 0.343. The summed E-state index contributed by atoms with van der Waals surface area (Å²) < 4.78 is 10.8. The van der Waals surface area contributed by atoms with E-state index in [0.717, 1.165) is 42.7 Å². The number of piperidine rings is 1. The summed E-state index contributed by atoms with van der Waals surface area (Å²) in [4.78, 5) is 6.92. The Labute approximate surface area is 170 Å². The number of benzene rings is 1. The molecule has 1 heterocycles. The first-order chi connectivity index (χ1) is 13.7. The van der Waals surface area contributed by atoms with Gasteiger partial charge in [0.2, 0.25) is 0 Å². The summed E-state index contributed by atoms with van der Waals surface area (Å²) in [7, 11) is 3.51. The number of likely N-dealkylation sites (tertiary alicyclic amines) is 1. The van der Waals surface area contributed by atoms with Gasteiger partial charge in [-0.3, -0.25) is 4.99 Å². The van der Waals surface area contributed by atoms with Gasteiger partial charge in [0, 0.05) is 45.5 Å². The highest BCUT2D eigenvalue weighted by Crippen LogP contribution is 2.18. The molecule has 0 saturated carbocycles. The van der Waals surface area contributed by atoms with Crippen molar-refractivity contribution in [1.29, 1.82) is 0 Å². The minimum Gasteiger partial charge on any atom is -0.493 e. The maximum Gasteiger partial charge on any atom is 0.195 e. The van der Waals surface area contributed by atoms with E-state index in [1.54, 1.807) is 14.2 Å². The summed E-state index contributed by atoms with van der Waals surface area (Å²) in [5.74, 6) is 2.55. The van der Waals surface area contributed by atoms with E-state index in [2.05, 4.69) is 27.4 Å². The van der Waals surface area contributed by atoms with E-state index in [0.29, 0.717) is 13.2 Å². The third-order valence-corrected chi connectivity index (χ3v) is 5.15. The standard InChI is InChI=1S/C22H38N4O2/c1-19-10-14-26(15-11-19)13-5-4-12-24-22(23-2)25-20-8-6-9-21(18-20)28-17-7-16-27-3/h6,8-9,18-19H,4-5,7,10-17H2,1-3H3,(H2,23,24,25). The molecule has 0 amide bonds. The number of guanidine groups is 1. The van der Waals surface area contributed by atoms with Crippen molar-refractivity contribution in [1.82, 2.24) is 10.2 Å². The molecule has 1 aliphatic rings. The van der Waals surface area contributed by atoms with Crippen molar-refractivity contribution in [3.05, 3.63) is 24.3 Å². The van der Waals surface area contributed by atoms with Crippen molar-refractivity contribution >= 4 is 11.6 Å². The van der Waals surface area contributed by atoms with E-state index >= 15 is 0 Å². The smallest absolute Gasteiger partial charge is 0.195 e. The molecule has 0 unspecified atom stereocenters. The molecule has 0 spiro atoms. The average molecular weight is 391 g/mol. The number of nitrogens with zero attached hydrogens (tertiary/aromatic N) is 2. The third-order valence-electron chi connectivity index (χ3n) is 5.15. The van der Waals surface area contributed by atoms with Crippen molar-refractivity contribution in [2.24, 2.45) is 10.9 Å².